The molecule has 2 amide bonds. The molecule has 9 heteroatoms. The first-order valence-corrected chi connectivity index (χ1v) is 8.55. The number of nitrogens with two attached hydrogens (primary N) is 1. The van der Waals surface area contributed by atoms with Crippen LogP contribution < -0.4 is 11.1 Å². The number of amides is 2. The van der Waals surface area contributed by atoms with E-state index in [0.717, 1.165) is 5.82 Å². The minimum Gasteiger partial charge on any atom is -0.366 e. The van der Waals surface area contributed by atoms with Crippen LogP contribution in [0.15, 0.2) is 29.3 Å². The lowest BCUT2D eigenvalue weighted by atomic mass is 10.3. The highest BCUT2D eigenvalue weighted by molar-refractivity contribution is 8.00. The van der Waals surface area contributed by atoms with E-state index in [2.05, 4.69) is 22.1 Å². The van der Waals surface area contributed by atoms with Crippen molar-refractivity contribution in [1.29, 1.82) is 0 Å². The molecule has 2 rings (SSSR count). The molecule has 23 heavy (non-hydrogen) atoms. The molecule has 2 aromatic heterocycles. The van der Waals surface area contributed by atoms with Crippen molar-refractivity contribution in [3.05, 3.63) is 35.5 Å². The number of carbonyl (C=O) groups excluding carboxylic acids is 2. The van der Waals surface area contributed by atoms with E-state index in [1.807, 2.05) is 11.5 Å². The van der Waals surface area contributed by atoms with Crippen LogP contribution in [-0.2, 0) is 11.3 Å². The first kappa shape index (κ1) is 17.2. The molecule has 0 radical (unpaired) electrons. The van der Waals surface area contributed by atoms with Gasteiger partial charge in [-0.15, -0.1) is 28.1 Å². The minimum absolute atomic E-state index is 0.231. The van der Waals surface area contributed by atoms with Crippen LogP contribution in [0.2, 0.25) is 0 Å². The maximum absolute atomic E-state index is 12.3. The molecule has 122 valence electrons. The Kier molecular flexibility index (Phi) is 5.56. The predicted molar refractivity (Wildman–Crippen MR) is 91.7 cm³/mol. The minimum atomic E-state index is -0.566. The normalized spacial score (nSPS) is 11.9. The molecular formula is C14H17N5O2S2. The maximum atomic E-state index is 12.3. The van der Waals surface area contributed by atoms with Crippen molar-refractivity contribution >= 4 is 39.9 Å². The van der Waals surface area contributed by atoms with Crippen LogP contribution in [0.5, 0.6) is 0 Å². The quantitative estimate of drug-likeness (QED) is 0.587. The molecule has 3 N–H and O–H groups in total. The number of thioether (sulfide) groups is 1. The van der Waals surface area contributed by atoms with Gasteiger partial charge in [0.25, 0.3) is 5.91 Å². The van der Waals surface area contributed by atoms with Crippen LogP contribution in [0.25, 0.3) is 0 Å². The standard InChI is InChI=1S/C14H17N5O2S2/c1-4-6-19-9(3)17-18-14(19)23-8(2)12(21)16-13-10(11(15)20)5-7-22-13/h4-5,7-8H,1,6H2,2-3H3,(H2,15,20)(H,16,21). The third-order valence-corrected chi connectivity index (χ3v) is 4.94. The van der Waals surface area contributed by atoms with Gasteiger partial charge in [-0.2, -0.15) is 0 Å². The van der Waals surface area contributed by atoms with Gasteiger partial charge < -0.3 is 15.6 Å². The van der Waals surface area contributed by atoms with Gasteiger partial charge in [0.15, 0.2) is 5.16 Å². The molecule has 0 aliphatic rings. The van der Waals surface area contributed by atoms with E-state index in [4.69, 9.17) is 5.73 Å². The second-order valence-corrected chi connectivity index (χ2v) is 6.93. The Hall–Kier alpha value is -2.13. The Balaban J connectivity index is 2.07. The summed E-state index contributed by atoms with van der Waals surface area (Å²) in [7, 11) is 0. The molecule has 0 aliphatic carbocycles. The van der Waals surface area contributed by atoms with Crippen molar-refractivity contribution in [2.75, 3.05) is 5.32 Å². The number of carbonyl (C=O) groups is 2. The molecule has 1 atom stereocenters. The zero-order valence-electron chi connectivity index (χ0n) is 12.8. The van der Waals surface area contributed by atoms with Crippen molar-refractivity contribution in [3.63, 3.8) is 0 Å². The van der Waals surface area contributed by atoms with E-state index >= 15 is 0 Å². The molecule has 0 saturated carbocycles. The summed E-state index contributed by atoms with van der Waals surface area (Å²) < 4.78 is 1.88. The molecule has 7 nitrogen and oxygen atoms in total. The van der Waals surface area contributed by atoms with Crippen molar-refractivity contribution in [2.45, 2.75) is 30.8 Å². The smallest absolute Gasteiger partial charge is 0.251 e. The van der Waals surface area contributed by atoms with E-state index in [-0.39, 0.29) is 5.91 Å². The van der Waals surface area contributed by atoms with E-state index in [1.54, 1.807) is 24.4 Å². The average molecular weight is 351 g/mol. The molecule has 0 bridgehead atoms. The van der Waals surface area contributed by atoms with Crippen molar-refractivity contribution in [3.8, 4) is 0 Å². The monoisotopic (exact) mass is 351 g/mol. The van der Waals surface area contributed by atoms with Gasteiger partial charge in [0.1, 0.15) is 10.8 Å². The fourth-order valence-electron chi connectivity index (χ4n) is 1.81. The van der Waals surface area contributed by atoms with Gasteiger partial charge in [-0.1, -0.05) is 17.8 Å². The van der Waals surface area contributed by atoms with E-state index < -0.39 is 11.2 Å². The molecule has 2 heterocycles. The van der Waals surface area contributed by atoms with E-state index in [1.165, 1.54) is 23.1 Å². The number of thiophene rings is 1. The van der Waals surface area contributed by atoms with Crippen molar-refractivity contribution in [2.24, 2.45) is 5.73 Å². The van der Waals surface area contributed by atoms with Gasteiger partial charge >= 0.3 is 0 Å². The lowest BCUT2D eigenvalue weighted by Crippen LogP contribution is -2.24. The number of hydrogen-bond acceptors (Lipinski definition) is 6. The Morgan fingerprint density at radius 2 is 2.30 bits per heavy atom. The van der Waals surface area contributed by atoms with Crippen LogP contribution in [-0.4, -0.2) is 31.8 Å². The van der Waals surface area contributed by atoms with Crippen LogP contribution in [0, 0.1) is 6.92 Å². The Bertz CT molecular complexity index is 737. The number of primary amides is 1. The Morgan fingerprint density at radius 3 is 2.96 bits per heavy atom. The lowest BCUT2D eigenvalue weighted by Gasteiger charge is -2.12. The first-order valence-electron chi connectivity index (χ1n) is 6.79. The van der Waals surface area contributed by atoms with Gasteiger partial charge in [-0.25, -0.2) is 0 Å². The van der Waals surface area contributed by atoms with Crippen molar-refractivity contribution < 1.29 is 9.59 Å². The Labute approximate surface area is 142 Å². The third-order valence-electron chi connectivity index (χ3n) is 3.03. The second-order valence-electron chi connectivity index (χ2n) is 4.71. The number of aromatic nitrogens is 3. The second kappa shape index (κ2) is 7.42. The average Bonchev–Trinajstić information content (AvgIpc) is 3.09. The molecule has 0 aromatic carbocycles. The molecule has 0 aliphatic heterocycles. The fourth-order valence-corrected chi connectivity index (χ4v) is 3.51. The number of hydrogen-bond donors (Lipinski definition) is 2. The highest BCUT2D eigenvalue weighted by Gasteiger charge is 2.21. The molecule has 0 fully saturated rings. The topological polar surface area (TPSA) is 103 Å². The highest BCUT2D eigenvalue weighted by Crippen LogP contribution is 2.26. The van der Waals surface area contributed by atoms with Crippen LogP contribution in [0.1, 0.15) is 23.1 Å². The molecule has 0 spiro atoms. The third kappa shape index (κ3) is 3.99. The fraction of sp³-hybridized carbons (Fsp3) is 0.286. The number of aryl methyl sites for hydroxylation is 1. The van der Waals surface area contributed by atoms with Crippen LogP contribution in [0.4, 0.5) is 5.00 Å². The van der Waals surface area contributed by atoms with E-state index in [9.17, 15) is 9.59 Å². The zero-order valence-corrected chi connectivity index (χ0v) is 14.4. The molecule has 2 aromatic rings. The lowest BCUT2D eigenvalue weighted by molar-refractivity contribution is -0.115. The highest BCUT2D eigenvalue weighted by atomic mass is 32.2. The number of rotatable bonds is 7. The van der Waals surface area contributed by atoms with E-state index in [0.29, 0.717) is 22.3 Å². The summed E-state index contributed by atoms with van der Waals surface area (Å²) in [4.78, 5) is 23.6. The van der Waals surface area contributed by atoms with Crippen LogP contribution >= 0.6 is 23.1 Å². The summed E-state index contributed by atoms with van der Waals surface area (Å²) in [5.41, 5.74) is 5.58. The van der Waals surface area contributed by atoms with Crippen LogP contribution in [0.3, 0.4) is 0 Å². The number of allylic oxidation sites excluding steroid dienone is 1. The summed E-state index contributed by atoms with van der Waals surface area (Å²) in [6, 6.07) is 1.59. The maximum Gasteiger partial charge on any atom is 0.251 e. The largest absolute Gasteiger partial charge is 0.366 e. The summed E-state index contributed by atoms with van der Waals surface area (Å²) in [6.07, 6.45) is 1.75. The van der Waals surface area contributed by atoms with Crippen molar-refractivity contribution in [1.82, 2.24) is 14.8 Å². The summed E-state index contributed by atoms with van der Waals surface area (Å²) >= 11 is 2.55. The van der Waals surface area contributed by atoms with Gasteiger partial charge in [0, 0.05) is 6.54 Å². The van der Waals surface area contributed by atoms with Gasteiger partial charge in [0.2, 0.25) is 5.91 Å². The number of anilines is 1. The van der Waals surface area contributed by atoms with Gasteiger partial charge in [-0.05, 0) is 25.3 Å². The van der Waals surface area contributed by atoms with Gasteiger partial charge in [0.05, 0.1) is 10.8 Å². The number of nitrogens with zero attached hydrogens (tertiary/aromatic N) is 3. The molecule has 0 saturated heterocycles. The molecule has 1 unspecified atom stereocenters. The Morgan fingerprint density at radius 1 is 1.57 bits per heavy atom. The summed E-state index contributed by atoms with van der Waals surface area (Å²) in [5.74, 6) is -0.0387. The summed E-state index contributed by atoms with van der Waals surface area (Å²) in [6.45, 7) is 7.88. The SMILES string of the molecule is C=CCn1c(C)nnc1SC(C)C(=O)Nc1sccc1C(N)=O. The summed E-state index contributed by atoms with van der Waals surface area (Å²) in [5, 5.41) is 13.2. The first-order chi connectivity index (χ1) is 10.9. The van der Waals surface area contributed by atoms with Gasteiger partial charge in [-0.3, -0.25) is 9.59 Å². The molecular weight excluding hydrogens is 334 g/mol. The number of nitrogens with one attached hydrogen (secondary N) is 1. The predicted octanol–water partition coefficient (Wildman–Crippen LogP) is 2.05. The zero-order chi connectivity index (χ0) is 17.0.